The molecule has 1 atom stereocenters. The SMILES string of the molecule is C[C@H](OC(=O)C12[Si](C)(C)[Si](C)(C)C([Si](C)(C)[Si]1(C)C)[Si](C)(C)[Si]2(C)C)c1ccccc1. The third-order valence-corrected chi connectivity index (χ3v) is 101. The van der Waals surface area contributed by atoms with E-state index in [1.807, 2.05) is 6.07 Å². The van der Waals surface area contributed by atoms with Gasteiger partial charge in [-0.1, -0.05) is 114 Å². The summed E-state index contributed by atoms with van der Waals surface area (Å²) in [7, 11) is -10.4. The van der Waals surface area contributed by atoms with Crippen molar-refractivity contribution in [3.8, 4) is 0 Å². The standard InChI is InChI=1S/C23H46O2Si6/c1-19(20-17-15-14-16-18-20)25-21(24)23-29(8,9)26(2,3)22(27(4,5)30(23,10)11)28(6,7)31(23,12)13/h14-19,22H,1-13H3/t19-,22?,23?/m0/s1. The lowest BCUT2D eigenvalue weighted by Gasteiger charge is -2.83. The van der Waals surface area contributed by atoms with E-state index in [4.69, 9.17) is 4.74 Å². The summed E-state index contributed by atoms with van der Waals surface area (Å²) in [6, 6.07) is 10.4. The molecule has 0 N–H and O–H groups in total. The molecule has 3 saturated heterocycles. The van der Waals surface area contributed by atoms with E-state index >= 15 is 0 Å². The second-order valence-corrected chi connectivity index (χ2v) is 63.8. The zero-order valence-corrected chi connectivity index (χ0v) is 28.4. The smallest absolute Gasteiger partial charge is 0.303 e. The number of ether oxygens (including phenoxy) is 1. The summed E-state index contributed by atoms with van der Waals surface area (Å²) in [5.41, 5.74) is 1.12. The van der Waals surface area contributed by atoms with E-state index in [9.17, 15) is 4.79 Å². The van der Waals surface area contributed by atoms with Crippen molar-refractivity contribution in [2.45, 2.75) is 101 Å². The van der Waals surface area contributed by atoms with E-state index in [0.717, 1.165) is 10.4 Å². The Labute approximate surface area is 197 Å². The molecule has 31 heavy (non-hydrogen) atoms. The Morgan fingerprint density at radius 1 is 0.742 bits per heavy atom. The van der Waals surface area contributed by atoms with Gasteiger partial charge in [0.05, 0.1) is 22.8 Å². The largest absolute Gasteiger partial charge is 0.458 e. The molecule has 0 unspecified atom stereocenters. The summed E-state index contributed by atoms with van der Waals surface area (Å²) >= 11 is 0. The van der Waals surface area contributed by atoms with E-state index in [-0.39, 0.29) is 16.4 Å². The minimum absolute atomic E-state index is 0.0635. The number of fused-ring (bicyclic) bond motifs is 3. The maximum atomic E-state index is 14.8. The summed E-state index contributed by atoms with van der Waals surface area (Å²) in [4.78, 5) is 15.9. The molecule has 4 rings (SSSR count). The van der Waals surface area contributed by atoms with E-state index in [0.29, 0.717) is 0 Å². The summed E-state index contributed by atoms with van der Waals surface area (Å²) < 4.78 is 6.55. The third-order valence-electron chi connectivity index (χ3n) is 11.7. The Morgan fingerprint density at radius 2 is 1.10 bits per heavy atom. The van der Waals surface area contributed by atoms with Gasteiger partial charge in [-0.15, -0.1) is 0 Å². The van der Waals surface area contributed by atoms with Crippen molar-refractivity contribution in [3.63, 3.8) is 0 Å². The average Bonchev–Trinajstić information content (AvgIpc) is 2.59. The van der Waals surface area contributed by atoms with Gasteiger partial charge in [0.15, 0.2) is 0 Å². The Balaban J connectivity index is 2.31. The first-order valence-electron chi connectivity index (χ1n) is 12.0. The highest BCUT2D eigenvalue weighted by Crippen LogP contribution is 2.75. The van der Waals surface area contributed by atoms with Crippen molar-refractivity contribution in [1.29, 1.82) is 0 Å². The van der Waals surface area contributed by atoms with Crippen LogP contribution < -0.4 is 0 Å². The van der Waals surface area contributed by atoms with Crippen molar-refractivity contribution in [1.82, 2.24) is 0 Å². The van der Waals surface area contributed by atoms with Gasteiger partial charge in [-0.25, -0.2) is 0 Å². The third kappa shape index (κ3) is 2.66. The molecule has 174 valence electrons. The fourth-order valence-corrected chi connectivity index (χ4v) is 153. The summed E-state index contributed by atoms with van der Waals surface area (Å²) in [6.07, 6.45) is -0.165. The van der Waals surface area contributed by atoms with Crippen LogP contribution in [-0.4, -0.2) is 51.5 Å². The van der Waals surface area contributed by atoms with Crippen molar-refractivity contribution in [2.24, 2.45) is 0 Å². The van der Waals surface area contributed by atoms with Gasteiger partial charge in [-0.2, -0.15) is 0 Å². The van der Waals surface area contributed by atoms with Gasteiger partial charge in [0.1, 0.15) is 6.10 Å². The van der Waals surface area contributed by atoms with E-state index in [1.165, 1.54) is 0 Å². The molecule has 3 aliphatic rings. The van der Waals surface area contributed by atoms with Crippen LogP contribution in [0.1, 0.15) is 18.6 Å². The first-order chi connectivity index (χ1) is 13.8. The van der Waals surface area contributed by atoms with Crippen LogP contribution >= 0.6 is 0 Å². The molecule has 0 aliphatic carbocycles. The normalized spacial score (nSPS) is 34.0. The molecule has 0 radical (unpaired) electrons. The molecular weight excluding hydrogens is 477 g/mol. The van der Waals surface area contributed by atoms with Crippen molar-refractivity contribution in [3.05, 3.63) is 35.9 Å². The summed E-state index contributed by atoms with van der Waals surface area (Å²) in [5.74, 6) is 0.258. The van der Waals surface area contributed by atoms with Gasteiger partial charge in [-0.3, -0.25) is 4.79 Å². The van der Waals surface area contributed by atoms with Gasteiger partial charge in [0.2, 0.25) is 0 Å². The number of rotatable bonds is 3. The minimum Gasteiger partial charge on any atom is -0.458 e. The molecule has 3 aliphatic heterocycles. The highest BCUT2D eigenvalue weighted by atomic mass is 29.4. The molecule has 1 aromatic carbocycles. The molecular formula is C23H46O2Si6. The van der Waals surface area contributed by atoms with E-state index < -0.39 is 45.5 Å². The fourth-order valence-electron chi connectivity index (χ4n) is 9.39. The van der Waals surface area contributed by atoms with Gasteiger partial charge in [0.25, 0.3) is 0 Å². The van der Waals surface area contributed by atoms with Gasteiger partial charge >= 0.3 is 5.97 Å². The predicted octanol–water partition coefficient (Wildman–Crippen LogP) is 7.07. The maximum Gasteiger partial charge on any atom is 0.303 e. The highest BCUT2D eigenvalue weighted by molar-refractivity contribution is 7.78. The van der Waals surface area contributed by atoms with Crippen LogP contribution in [0, 0.1) is 0 Å². The molecule has 0 spiro atoms. The molecule has 0 amide bonds. The zero-order chi connectivity index (χ0) is 24.1. The quantitative estimate of drug-likeness (QED) is 0.313. The number of hydrogen-bond acceptors (Lipinski definition) is 2. The number of carbonyl (C=O) groups excluding carboxylic acids is 1. The first kappa shape index (κ1) is 25.6. The molecule has 8 heteroatoms. The lowest BCUT2D eigenvalue weighted by molar-refractivity contribution is -0.148. The predicted molar refractivity (Wildman–Crippen MR) is 152 cm³/mol. The van der Waals surface area contributed by atoms with E-state index in [1.54, 1.807) is 0 Å². The number of carbonyl (C=O) groups is 1. The van der Waals surface area contributed by atoms with Crippen molar-refractivity contribution in [2.75, 3.05) is 0 Å². The molecule has 3 fully saturated rings. The Hall–Kier alpha value is -0.00870. The molecule has 1 aromatic rings. The topological polar surface area (TPSA) is 26.3 Å². The molecule has 3 heterocycles. The fraction of sp³-hybridized carbons (Fsp3) is 0.696. The Morgan fingerprint density at radius 3 is 1.45 bits per heavy atom. The Bertz CT molecular complexity index is 819. The lowest BCUT2D eigenvalue weighted by atomic mass is 10.1. The Kier molecular flexibility index (Phi) is 5.79. The minimum atomic E-state index is -1.87. The summed E-state index contributed by atoms with van der Waals surface area (Å²) in [6.45, 7) is 34.3. The average molecular weight is 523 g/mol. The molecule has 2 nitrogen and oxygen atoms in total. The van der Waals surface area contributed by atoms with Crippen LogP contribution in [0.4, 0.5) is 0 Å². The van der Waals surface area contributed by atoms with Crippen molar-refractivity contribution >= 4 is 51.5 Å². The van der Waals surface area contributed by atoms with Crippen LogP contribution in [0.25, 0.3) is 0 Å². The number of benzene rings is 1. The van der Waals surface area contributed by atoms with Gasteiger partial charge in [-0.05, 0) is 12.5 Å². The van der Waals surface area contributed by atoms with Gasteiger partial charge in [0, 0.05) is 27.1 Å². The first-order valence-corrected chi connectivity index (χ1v) is 33.3. The van der Waals surface area contributed by atoms with Crippen LogP contribution in [0.15, 0.2) is 30.3 Å². The molecule has 0 saturated carbocycles. The van der Waals surface area contributed by atoms with Crippen LogP contribution in [0.2, 0.25) is 87.6 Å². The maximum absolute atomic E-state index is 14.8. The van der Waals surface area contributed by atoms with Crippen molar-refractivity contribution < 1.29 is 9.53 Å². The van der Waals surface area contributed by atoms with Crippen LogP contribution in [-0.2, 0) is 9.53 Å². The van der Waals surface area contributed by atoms with Gasteiger partial charge < -0.3 is 4.74 Å². The summed E-state index contributed by atoms with van der Waals surface area (Å²) in [5, 5.41) is 0. The number of esters is 1. The monoisotopic (exact) mass is 522 g/mol. The highest BCUT2D eigenvalue weighted by Gasteiger charge is 2.89. The van der Waals surface area contributed by atoms with Crippen LogP contribution in [0.5, 0.6) is 0 Å². The second-order valence-electron chi connectivity index (χ2n) is 13.7. The van der Waals surface area contributed by atoms with Crippen LogP contribution in [0.3, 0.4) is 0 Å². The number of hydrogen-bond donors (Lipinski definition) is 0. The molecule has 2 bridgehead atoms. The second kappa shape index (κ2) is 7.00. The zero-order valence-electron chi connectivity index (χ0n) is 22.4. The van der Waals surface area contributed by atoms with E-state index in [2.05, 4.69) is 110 Å². The lowest BCUT2D eigenvalue weighted by Crippen LogP contribution is -3.01. The molecule has 0 aromatic heterocycles.